The number of sulfonamides is 1. The Morgan fingerprint density at radius 1 is 0.935 bits per heavy atom. The molecule has 3 aromatic carbocycles. The lowest BCUT2D eigenvalue weighted by Gasteiger charge is -2.15. The van der Waals surface area contributed by atoms with Crippen molar-refractivity contribution < 1.29 is 13.2 Å². The van der Waals surface area contributed by atoms with E-state index in [-0.39, 0.29) is 29.8 Å². The second-order valence-electron chi connectivity index (χ2n) is 7.01. The molecule has 1 amide bonds. The second-order valence-corrected chi connectivity index (χ2v) is 8.78. The van der Waals surface area contributed by atoms with E-state index in [1.165, 1.54) is 24.3 Å². The van der Waals surface area contributed by atoms with Crippen LogP contribution in [0.4, 0.5) is 0 Å². The van der Waals surface area contributed by atoms with Gasteiger partial charge >= 0.3 is 0 Å². The summed E-state index contributed by atoms with van der Waals surface area (Å²) in [5.74, 6) is -0.291. The van der Waals surface area contributed by atoms with Crippen molar-refractivity contribution in [2.45, 2.75) is 24.3 Å². The third-order valence-corrected chi connectivity index (χ3v) is 6.30. The standard InChI is InChI=1S/C24H23N3O3S/c1-18(19-8-10-21(11-9-19)20-6-3-2-4-7-20)27-24(28)22-12-14-23(15-13-22)31(29,30)26-17-5-16-25/h2-4,6-15,18,26H,5,17H2,1H3,(H,27,28). The number of amides is 1. The first-order chi connectivity index (χ1) is 14.9. The maximum atomic E-state index is 12.6. The van der Waals surface area contributed by atoms with Gasteiger partial charge in [0.05, 0.1) is 17.0 Å². The van der Waals surface area contributed by atoms with Gasteiger partial charge in [0.25, 0.3) is 5.91 Å². The molecular weight excluding hydrogens is 410 g/mol. The monoisotopic (exact) mass is 433 g/mol. The van der Waals surface area contributed by atoms with Gasteiger partial charge in [0.1, 0.15) is 0 Å². The molecular formula is C24H23N3O3S. The molecule has 0 radical (unpaired) electrons. The topological polar surface area (TPSA) is 99.1 Å². The molecule has 3 aromatic rings. The van der Waals surface area contributed by atoms with E-state index in [4.69, 9.17) is 5.26 Å². The summed E-state index contributed by atoms with van der Waals surface area (Å²) in [6.45, 7) is 1.94. The number of carbonyl (C=O) groups is 1. The molecule has 0 bridgehead atoms. The molecule has 7 heteroatoms. The fourth-order valence-electron chi connectivity index (χ4n) is 3.07. The van der Waals surface area contributed by atoms with E-state index >= 15 is 0 Å². The Hall–Kier alpha value is -3.47. The van der Waals surface area contributed by atoms with Crippen LogP contribution in [0.2, 0.25) is 0 Å². The van der Waals surface area contributed by atoms with Crippen molar-refractivity contribution >= 4 is 15.9 Å². The van der Waals surface area contributed by atoms with Crippen LogP contribution in [0.15, 0.2) is 83.8 Å². The van der Waals surface area contributed by atoms with Gasteiger partial charge in [-0.15, -0.1) is 0 Å². The molecule has 1 atom stereocenters. The van der Waals surface area contributed by atoms with Crippen molar-refractivity contribution in [3.05, 3.63) is 90.0 Å². The normalized spacial score (nSPS) is 12.0. The highest BCUT2D eigenvalue weighted by molar-refractivity contribution is 7.89. The second kappa shape index (κ2) is 10.0. The number of nitrogens with zero attached hydrogens (tertiary/aromatic N) is 1. The molecule has 0 saturated carbocycles. The van der Waals surface area contributed by atoms with Crippen LogP contribution in [0, 0.1) is 11.3 Å². The van der Waals surface area contributed by atoms with Gasteiger partial charge in [-0.1, -0.05) is 54.6 Å². The minimum Gasteiger partial charge on any atom is -0.346 e. The smallest absolute Gasteiger partial charge is 0.251 e. The molecule has 0 fully saturated rings. The Bertz CT molecular complexity index is 1170. The van der Waals surface area contributed by atoms with Crippen LogP contribution < -0.4 is 10.0 Å². The summed E-state index contributed by atoms with van der Waals surface area (Å²) < 4.78 is 26.7. The first-order valence-electron chi connectivity index (χ1n) is 9.83. The Morgan fingerprint density at radius 2 is 1.55 bits per heavy atom. The number of nitriles is 1. The van der Waals surface area contributed by atoms with Gasteiger partial charge in [-0.05, 0) is 47.9 Å². The SMILES string of the molecule is CC(NC(=O)c1ccc(S(=O)(=O)NCCC#N)cc1)c1ccc(-c2ccccc2)cc1. The van der Waals surface area contributed by atoms with Crippen molar-refractivity contribution in [2.24, 2.45) is 0 Å². The highest BCUT2D eigenvalue weighted by Crippen LogP contribution is 2.22. The predicted octanol–water partition coefficient (Wildman–Crippen LogP) is 4.04. The Balaban J connectivity index is 1.64. The fourth-order valence-corrected chi connectivity index (χ4v) is 4.10. The van der Waals surface area contributed by atoms with E-state index < -0.39 is 10.0 Å². The van der Waals surface area contributed by atoms with Gasteiger partial charge in [0.2, 0.25) is 10.0 Å². The number of carbonyl (C=O) groups excluding carboxylic acids is 1. The summed E-state index contributed by atoms with van der Waals surface area (Å²) in [5, 5.41) is 11.5. The molecule has 31 heavy (non-hydrogen) atoms. The number of hydrogen-bond acceptors (Lipinski definition) is 4. The van der Waals surface area contributed by atoms with Crippen LogP contribution in [-0.2, 0) is 10.0 Å². The average Bonchev–Trinajstić information content (AvgIpc) is 2.80. The summed E-state index contributed by atoms with van der Waals surface area (Å²) in [6, 6.07) is 25.4. The van der Waals surface area contributed by atoms with E-state index in [0.717, 1.165) is 16.7 Å². The van der Waals surface area contributed by atoms with E-state index in [0.29, 0.717) is 5.56 Å². The minimum absolute atomic E-state index is 0.0433. The van der Waals surface area contributed by atoms with E-state index in [9.17, 15) is 13.2 Å². The Labute approximate surface area is 182 Å². The summed E-state index contributed by atoms with van der Waals surface area (Å²) >= 11 is 0. The molecule has 0 aliphatic rings. The van der Waals surface area contributed by atoms with Gasteiger partial charge in [0, 0.05) is 18.5 Å². The van der Waals surface area contributed by atoms with Crippen molar-refractivity contribution in [3.63, 3.8) is 0 Å². The number of rotatable bonds is 8. The van der Waals surface area contributed by atoms with Crippen LogP contribution in [-0.4, -0.2) is 20.9 Å². The molecule has 0 spiro atoms. The van der Waals surface area contributed by atoms with E-state index in [2.05, 4.69) is 10.0 Å². The first-order valence-corrected chi connectivity index (χ1v) is 11.3. The van der Waals surface area contributed by atoms with Crippen LogP contribution in [0.3, 0.4) is 0 Å². The minimum atomic E-state index is -3.70. The zero-order valence-electron chi connectivity index (χ0n) is 17.1. The van der Waals surface area contributed by atoms with Crippen molar-refractivity contribution in [1.29, 1.82) is 5.26 Å². The third kappa shape index (κ3) is 5.79. The molecule has 2 N–H and O–H groups in total. The maximum absolute atomic E-state index is 12.6. The first kappa shape index (κ1) is 22.2. The van der Waals surface area contributed by atoms with Gasteiger partial charge in [-0.3, -0.25) is 4.79 Å². The fraction of sp³-hybridized carbons (Fsp3) is 0.167. The van der Waals surface area contributed by atoms with Gasteiger partial charge in [0.15, 0.2) is 0 Å². The van der Waals surface area contributed by atoms with Gasteiger partial charge in [-0.2, -0.15) is 5.26 Å². The van der Waals surface area contributed by atoms with E-state index in [1.54, 1.807) is 0 Å². The Morgan fingerprint density at radius 3 is 2.16 bits per heavy atom. The molecule has 0 saturated heterocycles. The summed E-state index contributed by atoms with van der Waals surface area (Å²) in [4.78, 5) is 12.6. The zero-order valence-corrected chi connectivity index (χ0v) is 17.9. The molecule has 0 aliphatic heterocycles. The van der Waals surface area contributed by atoms with Crippen molar-refractivity contribution in [3.8, 4) is 17.2 Å². The largest absolute Gasteiger partial charge is 0.346 e. The molecule has 0 aliphatic carbocycles. The average molecular weight is 434 g/mol. The molecule has 0 aromatic heterocycles. The zero-order chi connectivity index (χ0) is 22.3. The highest BCUT2D eigenvalue weighted by Gasteiger charge is 2.16. The highest BCUT2D eigenvalue weighted by atomic mass is 32.2. The lowest BCUT2D eigenvalue weighted by atomic mass is 10.0. The number of benzene rings is 3. The lowest BCUT2D eigenvalue weighted by molar-refractivity contribution is 0.0940. The van der Waals surface area contributed by atoms with Crippen LogP contribution in [0.25, 0.3) is 11.1 Å². The van der Waals surface area contributed by atoms with Crippen LogP contribution in [0.5, 0.6) is 0 Å². The Kier molecular flexibility index (Phi) is 7.19. The van der Waals surface area contributed by atoms with Crippen LogP contribution >= 0.6 is 0 Å². The molecule has 6 nitrogen and oxygen atoms in total. The van der Waals surface area contributed by atoms with E-state index in [1.807, 2.05) is 67.6 Å². The predicted molar refractivity (Wildman–Crippen MR) is 120 cm³/mol. The third-order valence-electron chi connectivity index (χ3n) is 4.82. The molecule has 0 heterocycles. The van der Waals surface area contributed by atoms with Gasteiger partial charge < -0.3 is 5.32 Å². The lowest BCUT2D eigenvalue weighted by Crippen LogP contribution is -2.27. The maximum Gasteiger partial charge on any atom is 0.251 e. The molecule has 158 valence electrons. The molecule has 1 unspecified atom stereocenters. The van der Waals surface area contributed by atoms with Crippen molar-refractivity contribution in [2.75, 3.05) is 6.54 Å². The van der Waals surface area contributed by atoms with Crippen molar-refractivity contribution in [1.82, 2.24) is 10.0 Å². The van der Waals surface area contributed by atoms with Crippen LogP contribution in [0.1, 0.15) is 35.3 Å². The summed E-state index contributed by atoms with van der Waals surface area (Å²) in [7, 11) is -3.70. The summed E-state index contributed by atoms with van der Waals surface area (Å²) in [6.07, 6.45) is 0.0872. The number of hydrogen-bond donors (Lipinski definition) is 2. The van der Waals surface area contributed by atoms with Gasteiger partial charge in [-0.25, -0.2) is 13.1 Å². The quantitative estimate of drug-likeness (QED) is 0.524. The molecule has 3 rings (SSSR count). The summed E-state index contributed by atoms with van der Waals surface area (Å²) in [5.41, 5.74) is 3.56. The number of nitrogens with one attached hydrogen (secondary N) is 2.